The van der Waals surface area contributed by atoms with Crippen molar-refractivity contribution in [1.29, 1.82) is 0 Å². The maximum absolute atomic E-state index is 6.07. The van der Waals surface area contributed by atoms with E-state index in [0.29, 0.717) is 16.7 Å². The minimum atomic E-state index is 0.407. The molecule has 3 heteroatoms. The van der Waals surface area contributed by atoms with E-state index in [-0.39, 0.29) is 0 Å². The fourth-order valence-corrected chi connectivity index (χ4v) is 3.56. The molecule has 62 valence electrons. The van der Waals surface area contributed by atoms with Gasteiger partial charge in [0.05, 0.1) is 11.1 Å². The highest BCUT2D eigenvalue weighted by molar-refractivity contribution is 8.14. The molecule has 3 unspecified atom stereocenters. The third-order valence-corrected chi connectivity index (χ3v) is 4.01. The predicted molar refractivity (Wildman–Crippen MR) is 51.8 cm³/mol. The highest BCUT2D eigenvalue weighted by Crippen LogP contribution is 2.38. The largest absolute Gasteiger partial charge is 0.279 e. The Bertz CT molecular complexity index is 193. The Labute approximate surface area is 76.6 Å². The first-order valence-electron chi connectivity index (χ1n) is 4.11. The average Bonchev–Trinajstić information content (AvgIpc) is 2.27. The Morgan fingerprint density at radius 3 is 3.18 bits per heavy atom. The number of halogens is 1. The minimum absolute atomic E-state index is 0.407. The van der Waals surface area contributed by atoms with Gasteiger partial charge in [-0.2, -0.15) is 0 Å². The van der Waals surface area contributed by atoms with Crippen molar-refractivity contribution < 1.29 is 0 Å². The molecular weight excluding hydrogens is 178 g/mol. The van der Waals surface area contributed by atoms with Crippen LogP contribution in [0.2, 0.25) is 0 Å². The summed E-state index contributed by atoms with van der Waals surface area (Å²) in [6, 6.07) is 0.593. The van der Waals surface area contributed by atoms with Gasteiger partial charge in [-0.15, -0.1) is 23.4 Å². The lowest BCUT2D eigenvalue weighted by molar-refractivity contribution is 0.467. The lowest BCUT2D eigenvalue weighted by atomic mass is 9.95. The van der Waals surface area contributed by atoms with E-state index < -0.39 is 0 Å². The summed E-state index contributed by atoms with van der Waals surface area (Å²) in [6.45, 7) is 2.10. The van der Waals surface area contributed by atoms with Crippen molar-refractivity contribution in [1.82, 2.24) is 0 Å². The van der Waals surface area contributed by atoms with Gasteiger partial charge in [-0.05, 0) is 26.2 Å². The molecule has 1 nitrogen and oxygen atoms in total. The lowest BCUT2D eigenvalue weighted by Gasteiger charge is -2.25. The second kappa shape index (κ2) is 2.98. The van der Waals surface area contributed by atoms with E-state index in [2.05, 4.69) is 11.9 Å². The predicted octanol–water partition coefficient (Wildman–Crippen LogP) is 2.68. The van der Waals surface area contributed by atoms with E-state index in [0.717, 1.165) is 12.8 Å². The van der Waals surface area contributed by atoms with Crippen molar-refractivity contribution in [2.45, 2.75) is 42.9 Å². The quantitative estimate of drug-likeness (QED) is 0.534. The Morgan fingerprint density at radius 1 is 1.55 bits per heavy atom. The van der Waals surface area contributed by atoms with Crippen LogP contribution >= 0.6 is 23.4 Å². The molecule has 2 aliphatic rings. The van der Waals surface area contributed by atoms with Gasteiger partial charge in [0.1, 0.15) is 0 Å². The molecule has 1 fully saturated rings. The van der Waals surface area contributed by atoms with E-state index >= 15 is 0 Å². The Balaban J connectivity index is 2.03. The lowest BCUT2D eigenvalue weighted by Crippen LogP contribution is -2.27. The van der Waals surface area contributed by atoms with Gasteiger partial charge in [-0.3, -0.25) is 4.99 Å². The number of hydrogen-bond acceptors (Lipinski definition) is 2. The third kappa shape index (κ3) is 1.57. The van der Waals surface area contributed by atoms with Crippen LogP contribution in [0, 0.1) is 0 Å². The van der Waals surface area contributed by atoms with Crippen LogP contribution in [0.3, 0.4) is 0 Å². The molecule has 0 aromatic rings. The monoisotopic (exact) mass is 189 g/mol. The van der Waals surface area contributed by atoms with Gasteiger partial charge in [0.2, 0.25) is 0 Å². The van der Waals surface area contributed by atoms with Crippen molar-refractivity contribution in [2.24, 2.45) is 4.99 Å². The second-order valence-electron chi connectivity index (χ2n) is 3.28. The van der Waals surface area contributed by atoms with Gasteiger partial charge in [0.25, 0.3) is 0 Å². The van der Waals surface area contributed by atoms with Crippen molar-refractivity contribution >= 4 is 28.4 Å². The van der Waals surface area contributed by atoms with E-state index in [1.165, 1.54) is 11.5 Å². The number of thioether (sulfide) groups is 1. The minimum Gasteiger partial charge on any atom is -0.279 e. The summed E-state index contributed by atoms with van der Waals surface area (Å²) in [5, 5.41) is 2.36. The normalized spacial score (nSPS) is 43.5. The molecule has 1 aliphatic carbocycles. The molecule has 1 heterocycles. The SMILES string of the molecule is CC1=NC2CCC(Cl)CC2S1. The van der Waals surface area contributed by atoms with Crippen LogP contribution in [-0.2, 0) is 0 Å². The molecule has 0 amide bonds. The third-order valence-electron chi connectivity index (χ3n) is 2.36. The Kier molecular flexibility index (Phi) is 2.15. The molecule has 0 spiro atoms. The van der Waals surface area contributed by atoms with Crippen LogP contribution in [0.15, 0.2) is 4.99 Å². The zero-order valence-electron chi connectivity index (χ0n) is 6.59. The van der Waals surface area contributed by atoms with Crippen molar-refractivity contribution in [3.05, 3.63) is 0 Å². The van der Waals surface area contributed by atoms with Crippen molar-refractivity contribution in [2.75, 3.05) is 0 Å². The van der Waals surface area contributed by atoms with Gasteiger partial charge in [-0.25, -0.2) is 0 Å². The van der Waals surface area contributed by atoms with Crippen LogP contribution in [-0.4, -0.2) is 21.7 Å². The van der Waals surface area contributed by atoms with Gasteiger partial charge in [0, 0.05) is 10.6 Å². The average molecular weight is 190 g/mol. The number of aliphatic imine (C=N–C) groups is 1. The van der Waals surface area contributed by atoms with Crippen LogP contribution < -0.4 is 0 Å². The fraction of sp³-hybridized carbons (Fsp3) is 0.875. The van der Waals surface area contributed by atoms with Crippen molar-refractivity contribution in [3.63, 3.8) is 0 Å². The molecule has 1 saturated carbocycles. The molecule has 11 heavy (non-hydrogen) atoms. The van der Waals surface area contributed by atoms with E-state index in [9.17, 15) is 0 Å². The van der Waals surface area contributed by atoms with Crippen LogP contribution in [0.4, 0.5) is 0 Å². The van der Waals surface area contributed by atoms with E-state index in [4.69, 9.17) is 11.6 Å². The van der Waals surface area contributed by atoms with Gasteiger partial charge in [0.15, 0.2) is 0 Å². The molecular formula is C8H12ClNS. The highest BCUT2D eigenvalue weighted by Gasteiger charge is 2.33. The maximum atomic E-state index is 6.07. The standard InChI is InChI=1S/C8H12ClNS/c1-5-10-7-3-2-6(9)4-8(7)11-5/h6-8H,2-4H2,1H3. The topological polar surface area (TPSA) is 12.4 Å². The summed E-state index contributed by atoms with van der Waals surface area (Å²) in [7, 11) is 0. The maximum Gasteiger partial charge on any atom is 0.0652 e. The summed E-state index contributed by atoms with van der Waals surface area (Å²) in [5.41, 5.74) is 0. The zero-order chi connectivity index (χ0) is 7.84. The summed E-state index contributed by atoms with van der Waals surface area (Å²) in [4.78, 5) is 4.57. The van der Waals surface area contributed by atoms with Gasteiger partial charge in [-0.1, -0.05) is 0 Å². The molecule has 0 N–H and O–H groups in total. The first-order chi connectivity index (χ1) is 5.25. The molecule has 0 bridgehead atoms. The fourth-order valence-electron chi connectivity index (χ4n) is 1.82. The number of nitrogens with zero attached hydrogens (tertiary/aromatic N) is 1. The molecule has 0 aromatic heterocycles. The summed E-state index contributed by atoms with van der Waals surface area (Å²) < 4.78 is 0. The number of rotatable bonds is 0. The smallest absolute Gasteiger partial charge is 0.0652 e. The van der Waals surface area contributed by atoms with Crippen LogP contribution in [0.1, 0.15) is 26.2 Å². The molecule has 2 rings (SSSR count). The van der Waals surface area contributed by atoms with E-state index in [1.807, 2.05) is 11.8 Å². The molecule has 0 aromatic carbocycles. The number of hydrogen-bond donors (Lipinski definition) is 0. The zero-order valence-corrected chi connectivity index (χ0v) is 8.16. The summed E-state index contributed by atoms with van der Waals surface area (Å²) >= 11 is 7.99. The second-order valence-corrected chi connectivity index (χ2v) is 5.33. The van der Waals surface area contributed by atoms with E-state index in [1.54, 1.807) is 0 Å². The summed E-state index contributed by atoms with van der Waals surface area (Å²) in [5.74, 6) is 0. The van der Waals surface area contributed by atoms with Gasteiger partial charge >= 0.3 is 0 Å². The van der Waals surface area contributed by atoms with Crippen LogP contribution in [0.5, 0.6) is 0 Å². The number of fused-ring (bicyclic) bond motifs is 1. The summed E-state index contributed by atoms with van der Waals surface area (Å²) in [6.07, 6.45) is 3.50. The molecule has 0 saturated heterocycles. The van der Waals surface area contributed by atoms with Crippen LogP contribution in [0.25, 0.3) is 0 Å². The highest BCUT2D eigenvalue weighted by atomic mass is 35.5. The Hall–Kier alpha value is 0.310. The Morgan fingerprint density at radius 2 is 2.36 bits per heavy atom. The first kappa shape index (κ1) is 7.93. The molecule has 0 radical (unpaired) electrons. The van der Waals surface area contributed by atoms with Crippen molar-refractivity contribution in [3.8, 4) is 0 Å². The molecule has 3 atom stereocenters. The molecule has 1 aliphatic heterocycles. The van der Waals surface area contributed by atoms with Gasteiger partial charge < -0.3 is 0 Å². The first-order valence-corrected chi connectivity index (χ1v) is 5.42. The number of alkyl halides is 1.